The van der Waals surface area contributed by atoms with Gasteiger partial charge in [-0.1, -0.05) is 58.9 Å². The van der Waals surface area contributed by atoms with Gasteiger partial charge in [-0.3, -0.25) is 14.9 Å². The first-order valence-corrected chi connectivity index (χ1v) is 10.6. The van der Waals surface area contributed by atoms with E-state index >= 15 is 0 Å². The van der Waals surface area contributed by atoms with E-state index in [4.69, 9.17) is 0 Å². The number of benzene rings is 2. The average Bonchev–Trinajstić information content (AvgIpc) is 2.75. The molecule has 2 aromatic rings. The second kappa shape index (κ2) is 10.8. The maximum Gasteiger partial charge on any atom is 0.411 e. The summed E-state index contributed by atoms with van der Waals surface area (Å²) in [5.41, 5.74) is 3.12. The minimum absolute atomic E-state index is 0.00291. The number of ether oxygens (including phenoxy) is 1. The van der Waals surface area contributed by atoms with Crippen LogP contribution < -0.4 is 16.0 Å². The number of carbonyl (C=O) groups excluding carboxylic acids is 3. The van der Waals surface area contributed by atoms with Gasteiger partial charge in [0.05, 0.1) is 7.11 Å². The highest BCUT2D eigenvalue weighted by atomic mass is 16.5. The summed E-state index contributed by atoms with van der Waals surface area (Å²) in [7, 11) is 1.30. The van der Waals surface area contributed by atoms with E-state index in [2.05, 4.69) is 41.5 Å². The fourth-order valence-electron chi connectivity index (χ4n) is 3.06. The highest BCUT2D eigenvalue weighted by molar-refractivity contribution is 5.97. The number of hydrogen-bond acceptors (Lipinski definition) is 4. The van der Waals surface area contributed by atoms with Gasteiger partial charge >= 0.3 is 6.09 Å². The molecule has 0 aliphatic carbocycles. The Morgan fingerprint density at radius 1 is 0.938 bits per heavy atom. The Kier molecular flexibility index (Phi) is 8.41. The summed E-state index contributed by atoms with van der Waals surface area (Å²) in [5.74, 6) is -0.617. The Labute approximate surface area is 189 Å². The summed E-state index contributed by atoms with van der Waals surface area (Å²) in [4.78, 5) is 36.7. The zero-order chi connectivity index (χ0) is 23.9. The van der Waals surface area contributed by atoms with Crippen LogP contribution >= 0.6 is 0 Å². The molecule has 0 bridgehead atoms. The van der Waals surface area contributed by atoms with Gasteiger partial charge in [-0.2, -0.15) is 0 Å². The summed E-state index contributed by atoms with van der Waals surface area (Å²) < 4.78 is 4.55. The second-order valence-electron chi connectivity index (χ2n) is 9.05. The van der Waals surface area contributed by atoms with Gasteiger partial charge < -0.3 is 15.4 Å². The molecule has 0 saturated heterocycles. The van der Waals surface area contributed by atoms with Crippen LogP contribution in [0.2, 0.25) is 0 Å². The lowest BCUT2D eigenvalue weighted by Gasteiger charge is -2.22. The van der Waals surface area contributed by atoms with Crippen molar-refractivity contribution in [3.8, 4) is 0 Å². The van der Waals surface area contributed by atoms with Crippen molar-refractivity contribution in [1.82, 2.24) is 10.6 Å². The largest absolute Gasteiger partial charge is 0.453 e. The molecule has 0 spiro atoms. The van der Waals surface area contributed by atoms with E-state index in [9.17, 15) is 14.4 Å². The van der Waals surface area contributed by atoms with Gasteiger partial charge in [0, 0.05) is 17.8 Å². The van der Waals surface area contributed by atoms with Crippen LogP contribution in [0.3, 0.4) is 0 Å². The predicted molar refractivity (Wildman–Crippen MR) is 126 cm³/mol. The number of rotatable bonds is 7. The molecule has 7 nitrogen and oxygen atoms in total. The lowest BCUT2D eigenvalue weighted by atomic mass is 9.86. The Bertz CT molecular complexity index is 929. The molecule has 0 saturated carbocycles. The van der Waals surface area contributed by atoms with E-state index in [1.165, 1.54) is 7.11 Å². The molecule has 7 heteroatoms. The Morgan fingerprint density at radius 2 is 1.53 bits per heavy atom. The zero-order valence-electron chi connectivity index (χ0n) is 19.6. The molecule has 32 heavy (non-hydrogen) atoms. The monoisotopic (exact) mass is 439 g/mol. The van der Waals surface area contributed by atoms with Crippen molar-refractivity contribution in [2.75, 3.05) is 12.4 Å². The number of anilines is 1. The van der Waals surface area contributed by atoms with Crippen molar-refractivity contribution in [1.29, 1.82) is 0 Å². The Morgan fingerprint density at radius 3 is 2.03 bits per heavy atom. The van der Waals surface area contributed by atoms with Crippen molar-refractivity contribution in [3.63, 3.8) is 0 Å². The first-order chi connectivity index (χ1) is 15.0. The molecule has 1 unspecified atom stereocenters. The molecule has 0 radical (unpaired) electrons. The van der Waals surface area contributed by atoms with Gasteiger partial charge in [0.1, 0.15) is 6.04 Å². The molecule has 3 amide bonds. The van der Waals surface area contributed by atoms with Crippen LogP contribution in [0.5, 0.6) is 0 Å². The molecule has 172 valence electrons. The minimum Gasteiger partial charge on any atom is -0.453 e. The highest BCUT2D eigenvalue weighted by Crippen LogP contribution is 2.22. The van der Waals surface area contributed by atoms with E-state index in [0.717, 1.165) is 11.1 Å². The van der Waals surface area contributed by atoms with Crippen molar-refractivity contribution in [2.45, 2.75) is 52.6 Å². The summed E-state index contributed by atoms with van der Waals surface area (Å²) in [6, 6.07) is 13.8. The number of carbonyl (C=O) groups is 3. The summed E-state index contributed by atoms with van der Waals surface area (Å²) in [6.45, 7) is 10.4. The van der Waals surface area contributed by atoms with Crippen LogP contribution in [0.4, 0.5) is 10.5 Å². The maximum absolute atomic E-state index is 12.8. The molecule has 0 aromatic heterocycles. The van der Waals surface area contributed by atoms with Crippen LogP contribution in [0, 0.1) is 5.92 Å². The lowest BCUT2D eigenvalue weighted by Crippen LogP contribution is -2.49. The van der Waals surface area contributed by atoms with Crippen molar-refractivity contribution < 1.29 is 19.1 Å². The highest BCUT2D eigenvalue weighted by Gasteiger charge is 2.24. The van der Waals surface area contributed by atoms with Crippen LogP contribution in [0.25, 0.3) is 0 Å². The summed E-state index contributed by atoms with van der Waals surface area (Å²) in [6.07, 6.45) is -0.547. The van der Waals surface area contributed by atoms with Crippen LogP contribution in [0.15, 0.2) is 48.5 Å². The van der Waals surface area contributed by atoms with Gasteiger partial charge in [-0.05, 0) is 46.7 Å². The van der Waals surface area contributed by atoms with Crippen LogP contribution in [-0.4, -0.2) is 31.1 Å². The SMILES string of the molecule is COC(=O)Nc1ccc(CNC(=O)C(NC(=O)c2ccc(C(C)(C)C)cc2)C(C)C)cc1. The molecular formula is C25H33N3O4. The van der Waals surface area contributed by atoms with Crippen LogP contribution in [0.1, 0.15) is 56.1 Å². The smallest absolute Gasteiger partial charge is 0.411 e. The fourth-order valence-corrected chi connectivity index (χ4v) is 3.06. The zero-order valence-corrected chi connectivity index (χ0v) is 19.6. The molecule has 1 atom stereocenters. The third-order valence-corrected chi connectivity index (χ3v) is 5.10. The number of amides is 3. The molecule has 2 rings (SSSR count). The predicted octanol–water partition coefficient (Wildman–Crippen LogP) is 4.23. The third-order valence-electron chi connectivity index (χ3n) is 5.10. The molecule has 2 aromatic carbocycles. The van der Waals surface area contributed by atoms with E-state index in [1.54, 1.807) is 36.4 Å². The second-order valence-corrected chi connectivity index (χ2v) is 9.05. The van der Waals surface area contributed by atoms with Crippen molar-refractivity contribution in [2.24, 2.45) is 5.92 Å². The first-order valence-electron chi connectivity index (χ1n) is 10.6. The van der Waals surface area contributed by atoms with Gasteiger partial charge in [0.25, 0.3) is 5.91 Å². The molecular weight excluding hydrogens is 406 g/mol. The Balaban J connectivity index is 1.97. The topological polar surface area (TPSA) is 96.5 Å². The average molecular weight is 440 g/mol. The maximum atomic E-state index is 12.8. The molecule has 0 aliphatic heterocycles. The van der Waals surface area contributed by atoms with Gasteiger partial charge in [-0.15, -0.1) is 0 Å². The quantitative estimate of drug-likeness (QED) is 0.601. The molecule has 3 N–H and O–H groups in total. The molecule has 0 heterocycles. The van der Waals surface area contributed by atoms with E-state index in [1.807, 2.05) is 26.0 Å². The summed E-state index contributed by atoms with van der Waals surface area (Å²) >= 11 is 0. The Hall–Kier alpha value is -3.35. The number of hydrogen-bond donors (Lipinski definition) is 3. The first kappa shape index (κ1) is 24.9. The van der Waals surface area contributed by atoms with Gasteiger partial charge in [-0.25, -0.2) is 4.79 Å². The van der Waals surface area contributed by atoms with E-state index in [-0.39, 0.29) is 23.1 Å². The fraction of sp³-hybridized carbons (Fsp3) is 0.400. The standard InChI is InChI=1S/C25H33N3O4/c1-16(2)21(28-22(29)18-9-11-19(12-10-18)25(3,4)5)23(30)26-15-17-7-13-20(14-8-17)27-24(31)32-6/h7-14,16,21H,15H2,1-6H3,(H,26,30)(H,27,31)(H,28,29). The number of methoxy groups -OCH3 is 1. The molecule has 0 fully saturated rings. The van der Waals surface area contributed by atoms with Gasteiger partial charge in [0.2, 0.25) is 5.91 Å². The normalized spacial score (nSPS) is 12.1. The van der Waals surface area contributed by atoms with Crippen molar-refractivity contribution >= 4 is 23.6 Å². The van der Waals surface area contributed by atoms with Crippen LogP contribution in [-0.2, 0) is 21.5 Å². The lowest BCUT2D eigenvalue weighted by molar-refractivity contribution is -0.124. The van der Waals surface area contributed by atoms with E-state index < -0.39 is 12.1 Å². The minimum atomic E-state index is -0.662. The van der Waals surface area contributed by atoms with Crippen molar-refractivity contribution in [3.05, 3.63) is 65.2 Å². The van der Waals surface area contributed by atoms with Gasteiger partial charge in [0.15, 0.2) is 0 Å². The molecule has 0 aliphatic rings. The van der Waals surface area contributed by atoms with E-state index in [0.29, 0.717) is 17.8 Å². The number of nitrogens with one attached hydrogen (secondary N) is 3. The summed E-state index contributed by atoms with van der Waals surface area (Å²) in [5, 5.41) is 8.29. The third kappa shape index (κ3) is 7.11.